The molecular formula is C23H25FN2O4. The molecule has 0 aliphatic carbocycles. The molecule has 1 N–H and O–H groups in total. The average Bonchev–Trinajstić information content (AvgIpc) is 3.47. The number of likely N-dealkylation sites (tertiary alicyclic amines) is 1. The van der Waals surface area contributed by atoms with E-state index in [1.807, 2.05) is 12.1 Å². The van der Waals surface area contributed by atoms with E-state index in [2.05, 4.69) is 10.2 Å². The number of hydrogen-bond donors (Lipinski definition) is 1. The number of nitrogens with zero attached hydrogens (tertiary/aromatic N) is 1. The van der Waals surface area contributed by atoms with Crippen molar-refractivity contribution >= 4 is 5.91 Å². The molecule has 0 spiro atoms. The molecule has 3 aromatic rings. The summed E-state index contributed by atoms with van der Waals surface area (Å²) >= 11 is 0. The van der Waals surface area contributed by atoms with Gasteiger partial charge in [-0.3, -0.25) is 9.69 Å². The molecule has 158 valence electrons. The molecule has 7 heteroatoms. The number of hydrogen-bond acceptors (Lipinski definition) is 5. The largest absolute Gasteiger partial charge is 0.486 e. The lowest BCUT2D eigenvalue weighted by atomic mass is 10.1. The summed E-state index contributed by atoms with van der Waals surface area (Å²) in [5, 5.41) is 2.96. The van der Waals surface area contributed by atoms with Crippen molar-refractivity contribution in [2.75, 3.05) is 19.6 Å². The Labute approximate surface area is 174 Å². The lowest BCUT2D eigenvalue weighted by Crippen LogP contribution is -2.40. The zero-order valence-corrected chi connectivity index (χ0v) is 16.7. The predicted octanol–water partition coefficient (Wildman–Crippen LogP) is 4.55. The van der Waals surface area contributed by atoms with Gasteiger partial charge in [0.15, 0.2) is 5.76 Å². The van der Waals surface area contributed by atoms with Crippen molar-refractivity contribution < 1.29 is 22.8 Å². The first-order valence-corrected chi connectivity index (χ1v) is 10.2. The molecule has 1 amide bonds. The first kappa shape index (κ1) is 20.2. The Kier molecular flexibility index (Phi) is 6.49. The lowest BCUT2D eigenvalue weighted by molar-refractivity contribution is 0.0883. The zero-order chi connectivity index (χ0) is 20.8. The van der Waals surface area contributed by atoms with Gasteiger partial charge in [-0.25, -0.2) is 4.39 Å². The fourth-order valence-electron chi connectivity index (χ4n) is 3.66. The van der Waals surface area contributed by atoms with Crippen molar-refractivity contribution in [3.05, 3.63) is 77.9 Å². The first-order valence-electron chi connectivity index (χ1n) is 10.2. The minimum absolute atomic E-state index is 0.000456. The maximum absolute atomic E-state index is 13.0. The van der Waals surface area contributed by atoms with Crippen LogP contribution in [0, 0.1) is 5.82 Å². The highest BCUT2D eigenvalue weighted by Crippen LogP contribution is 2.24. The Morgan fingerprint density at radius 2 is 1.90 bits per heavy atom. The maximum Gasteiger partial charge on any atom is 0.287 e. The van der Waals surface area contributed by atoms with Gasteiger partial charge in [-0.05, 0) is 74.5 Å². The van der Waals surface area contributed by atoms with Crippen LogP contribution < -0.4 is 10.1 Å². The van der Waals surface area contributed by atoms with Crippen molar-refractivity contribution in [1.29, 1.82) is 0 Å². The highest BCUT2D eigenvalue weighted by atomic mass is 19.1. The molecule has 1 fully saturated rings. The van der Waals surface area contributed by atoms with Gasteiger partial charge in [-0.15, -0.1) is 0 Å². The molecule has 1 saturated heterocycles. The quantitative estimate of drug-likeness (QED) is 0.588. The minimum atomic E-state index is -0.322. The summed E-state index contributed by atoms with van der Waals surface area (Å²) < 4.78 is 29.7. The van der Waals surface area contributed by atoms with Crippen molar-refractivity contribution in [2.45, 2.75) is 31.9 Å². The molecule has 3 heterocycles. The zero-order valence-electron chi connectivity index (χ0n) is 16.7. The summed E-state index contributed by atoms with van der Waals surface area (Å²) in [5.41, 5.74) is 0. The fourth-order valence-corrected chi connectivity index (χ4v) is 3.66. The topological polar surface area (TPSA) is 67.9 Å². The first-order chi connectivity index (χ1) is 14.7. The van der Waals surface area contributed by atoms with E-state index in [1.54, 1.807) is 30.5 Å². The molecule has 1 aliphatic heterocycles. The molecule has 6 nitrogen and oxygen atoms in total. The summed E-state index contributed by atoms with van der Waals surface area (Å²) in [6.07, 6.45) is 5.21. The third-order valence-corrected chi connectivity index (χ3v) is 5.24. The summed E-state index contributed by atoms with van der Waals surface area (Å²) in [6, 6.07) is 12.9. The lowest BCUT2D eigenvalue weighted by Gasteiger charge is -2.33. The number of benzene rings is 1. The van der Waals surface area contributed by atoms with Crippen molar-refractivity contribution in [3.8, 4) is 5.75 Å². The molecule has 2 aromatic heterocycles. The van der Waals surface area contributed by atoms with Gasteiger partial charge in [-0.2, -0.15) is 0 Å². The summed E-state index contributed by atoms with van der Waals surface area (Å²) in [7, 11) is 0. The number of carbonyl (C=O) groups excluding carboxylic acids is 1. The standard InChI is InChI=1S/C23H25FN2O4/c24-17-6-8-18(9-7-17)29-16-19-10-11-22(30-19)23(27)25-15-20(21-5-4-14-28-21)26-12-2-1-3-13-26/h4-11,14,20H,1-3,12-13,15-16H2,(H,25,27). The van der Waals surface area contributed by atoms with Crippen molar-refractivity contribution in [3.63, 3.8) is 0 Å². The van der Waals surface area contributed by atoms with E-state index in [-0.39, 0.29) is 30.1 Å². The smallest absolute Gasteiger partial charge is 0.287 e. The highest BCUT2D eigenvalue weighted by molar-refractivity contribution is 5.91. The SMILES string of the molecule is O=C(NCC(c1ccco1)N1CCCCC1)c1ccc(COc2ccc(F)cc2)o1. The van der Waals surface area contributed by atoms with Crippen LogP contribution in [0.25, 0.3) is 0 Å². The second kappa shape index (κ2) is 9.63. The monoisotopic (exact) mass is 412 g/mol. The van der Waals surface area contributed by atoms with E-state index >= 15 is 0 Å². The van der Waals surface area contributed by atoms with E-state index in [9.17, 15) is 9.18 Å². The Morgan fingerprint density at radius 3 is 2.63 bits per heavy atom. The van der Waals surface area contributed by atoms with Crippen LogP contribution in [0.5, 0.6) is 5.75 Å². The van der Waals surface area contributed by atoms with Gasteiger partial charge >= 0.3 is 0 Å². The third-order valence-electron chi connectivity index (χ3n) is 5.24. The van der Waals surface area contributed by atoms with Crippen LogP contribution in [0.4, 0.5) is 4.39 Å². The molecule has 1 aromatic carbocycles. The van der Waals surface area contributed by atoms with Crippen LogP contribution in [0.1, 0.15) is 47.4 Å². The number of nitrogens with one attached hydrogen (secondary N) is 1. The molecular weight excluding hydrogens is 387 g/mol. The maximum atomic E-state index is 13.0. The van der Waals surface area contributed by atoms with Crippen LogP contribution in [0.15, 0.2) is 63.6 Å². The molecule has 1 unspecified atom stereocenters. The van der Waals surface area contributed by atoms with E-state index in [4.69, 9.17) is 13.6 Å². The van der Waals surface area contributed by atoms with Gasteiger partial charge in [0.2, 0.25) is 0 Å². The van der Waals surface area contributed by atoms with Crippen molar-refractivity contribution in [1.82, 2.24) is 10.2 Å². The van der Waals surface area contributed by atoms with Crippen LogP contribution >= 0.6 is 0 Å². The Balaban J connectivity index is 1.33. The van der Waals surface area contributed by atoms with Gasteiger partial charge in [0.1, 0.15) is 29.7 Å². The summed E-state index contributed by atoms with van der Waals surface area (Å²) in [5.74, 6) is 1.52. The Bertz CT molecular complexity index is 931. The van der Waals surface area contributed by atoms with E-state index in [1.165, 1.54) is 18.6 Å². The number of rotatable bonds is 8. The molecule has 0 radical (unpaired) electrons. The highest BCUT2D eigenvalue weighted by Gasteiger charge is 2.25. The molecule has 4 rings (SSSR count). The molecule has 0 bridgehead atoms. The Hall–Kier alpha value is -3.06. The van der Waals surface area contributed by atoms with Gasteiger partial charge in [-0.1, -0.05) is 6.42 Å². The normalized spacial score (nSPS) is 15.6. The van der Waals surface area contributed by atoms with Gasteiger partial charge in [0, 0.05) is 6.54 Å². The van der Waals surface area contributed by atoms with Gasteiger partial charge in [0.05, 0.1) is 12.3 Å². The number of ether oxygens (including phenoxy) is 1. The third kappa shape index (κ3) is 5.10. The number of halogens is 1. The summed E-state index contributed by atoms with van der Waals surface area (Å²) in [6.45, 7) is 2.58. The predicted molar refractivity (Wildman–Crippen MR) is 109 cm³/mol. The second-order valence-electron chi connectivity index (χ2n) is 7.35. The van der Waals surface area contributed by atoms with Gasteiger partial charge < -0.3 is 18.9 Å². The van der Waals surface area contributed by atoms with Crippen LogP contribution in [-0.4, -0.2) is 30.4 Å². The Morgan fingerprint density at radius 1 is 1.10 bits per heavy atom. The second-order valence-corrected chi connectivity index (χ2v) is 7.35. The van der Waals surface area contributed by atoms with Crippen LogP contribution in [-0.2, 0) is 6.61 Å². The molecule has 1 atom stereocenters. The van der Waals surface area contributed by atoms with Crippen LogP contribution in [0.3, 0.4) is 0 Å². The average molecular weight is 412 g/mol. The fraction of sp³-hybridized carbons (Fsp3) is 0.348. The van der Waals surface area contributed by atoms with Gasteiger partial charge in [0.25, 0.3) is 5.91 Å². The number of piperidine rings is 1. The van der Waals surface area contributed by atoms with Crippen molar-refractivity contribution in [2.24, 2.45) is 0 Å². The van der Waals surface area contributed by atoms with E-state index < -0.39 is 0 Å². The number of carbonyl (C=O) groups is 1. The molecule has 1 aliphatic rings. The molecule has 30 heavy (non-hydrogen) atoms. The number of amides is 1. The number of furan rings is 2. The van der Waals surface area contributed by atoms with Crippen LogP contribution in [0.2, 0.25) is 0 Å². The van der Waals surface area contributed by atoms with E-state index in [0.717, 1.165) is 31.7 Å². The van der Waals surface area contributed by atoms with E-state index in [0.29, 0.717) is 18.1 Å². The molecule has 0 saturated carbocycles. The minimum Gasteiger partial charge on any atom is -0.486 e. The summed E-state index contributed by atoms with van der Waals surface area (Å²) in [4.78, 5) is 14.9.